The highest BCUT2D eigenvalue weighted by molar-refractivity contribution is 7.89. The van der Waals surface area contributed by atoms with Crippen LogP contribution in [0, 0.1) is 22.7 Å². The van der Waals surface area contributed by atoms with Gasteiger partial charge in [0.2, 0.25) is 10.0 Å². The first kappa shape index (κ1) is 20.2. The zero-order valence-electron chi connectivity index (χ0n) is 14.4. The van der Waals surface area contributed by atoms with Crippen LogP contribution in [-0.2, 0) is 24.3 Å². The van der Waals surface area contributed by atoms with Crippen molar-refractivity contribution in [1.82, 2.24) is 4.72 Å². The van der Waals surface area contributed by atoms with Gasteiger partial charge in [-0.1, -0.05) is 30.3 Å². The van der Waals surface area contributed by atoms with Crippen LogP contribution in [0.4, 0.5) is 0 Å². The van der Waals surface area contributed by atoms with Gasteiger partial charge in [0.05, 0.1) is 11.0 Å². The first-order valence-corrected chi connectivity index (χ1v) is 9.34. The van der Waals surface area contributed by atoms with E-state index in [2.05, 4.69) is 9.46 Å². The van der Waals surface area contributed by atoms with E-state index in [0.29, 0.717) is 0 Å². The summed E-state index contributed by atoms with van der Waals surface area (Å²) in [6.45, 7) is -0.0699. The van der Waals surface area contributed by atoms with Crippen LogP contribution in [0.2, 0.25) is 0 Å². The van der Waals surface area contributed by atoms with Gasteiger partial charge < -0.3 is 10.1 Å². The minimum Gasteiger partial charge on any atom is -0.457 e. The highest BCUT2D eigenvalue weighted by Gasteiger charge is 2.22. The smallest absolute Gasteiger partial charge is 0.321 e. The largest absolute Gasteiger partial charge is 0.457 e. The second kappa shape index (κ2) is 8.53. The normalized spacial score (nSPS) is 12.1. The molecule has 140 valence electrons. The Morgan fingerprint density at radius 3 is 2.52 bits per heavy atom. The van der Waals surface area contributed by atoms with Gasteiger partial charge in [0.15, 0.2) is 12.4 Å². The number of Topliss-reactive ketones (excluding diaryl/α,β-unsaturated/α-hetero) is 1. The van der Waals surface area contributed by atoms with E-state index in [-0.39, 0.29) is 10.6 Å². The predicted molar refractivity (Wildman–Crippen MR) is 97.6 cm³/mol. The summed E-state index contributed by atoms with van der Waals surface area (Å²) in [6.07, 6.45) is 0. The maximum Gasteiger partial charge on any atom is 0.321 e. The van der Waals surface area contributed by atoms with Gasteiger partial charge in [-0.3, -0.25) is 9.59 Å². The van der Waals surface area contributed by atoms with Crippen molar-refractivity contribution in [3.05, 3.63) is 42.5 Å². The van der Waals surface area contributed by atoms with Gasteiger partial charge in [-0.25, -0.2) is 8.42 Å². The minimum atomic E-state index is -3.94. The number of rotatable bonds is 8. The molecule has 0 amide bonds. The van der Waals surface area contributed by atoms with Crippen molar-refractivity contribution < 1.29 is 22.7 Å². The molecule has 0 aliphatic rings. The summed E-state index contributed by atoms with van der Waals surface area (Å²) in [5.41, 5.74) is -0.157. The zero-order valence-corrected chi connectivity index (χ0v) is 15.2. The van der Waals surface area contributed by atoms with Gasteiger partial charge in [0, 0.05) is 5.71 Å². The molecule has 27 heavy (non-hydrogen) atoms. The quantitative estimate of drug-likeness (QED) is 0.519. The fourth-order valence-corrected chi connectivity index (χ4v) is 3.27. The molecule has 0 aromatic heterocycles. The molecule has 2 N–H and O–H groups in total. The summed E-state index contributed by atoms with van der Waals surface area (Å²) in [6, 6.07) is 13.4. The molecular weight excluding hydrogens is 370 g/mol. The van der Waals surface area contributed by atoms with Gasteiger partial charge in [0.25, 0.3) is 0 Å². The average molecular weight is 387 g/mol. The zero-order chi connectivity index (χ0) is 20.0. The van der Waals surface area contributed by atoms with Gasteiger partial charge in [-0.15, -0.1) is 0 Å². The van der Waals surface area contributed by atoms with Crippen LogP contribution in [-0.4, -0.2) is 39.0 Å². The molecule has 0 fully saturated rings. The lowest BCUT2D eigenvalue weighted by atomic mass is 10.0. The van der Waals surface area contributed by atoms with E-state index in [0.717, 1.165) is 10.8 Å². The summed E-state index contributed by atoms with van der Waals surface area (Å²) >= 11 is 0. The van der Waals surface area contributed by atoms with Gasteiger partial charge in [-0.05, 0) is 29.8 Å². The summed E-state index contributed by atoms with van der Waals surface area (Å²) < 4.78 is 31.4. The van der Waals surface area contributed by atoms with Crippen molar-refractivity contribution in [3.8, 4) is 6.07 Å². The first-order valence-electron chi connectivity index (χ1n) is 7.86. The van der Waals surface area contributed by atoms with E-state index in [1.54, 1.807) is 24.3 Å². The number of carbonyl (C=O) groups excluding carboxylic acids is 2. The number of hydrogen-bond acceptors (Lipinski definition) is 7. The number of sulfonamides is 1. The summed E-state index contributed by atoms with van der Waals surface area (Å²) in [7, 11) is -3.94. The molecule has 8 nitrogen and oxygen atoms in total. The molecule has 0 bridgehead atoms. The Hall–Kier alpha value is -3.09. The topological polar surface area (TPSA) is 137 Å². The van der Waals surface area contributed by atoms with Gasteiger partial charge in [0.1, 0.15) is 12.5 Å². The molecule has 2 rings (SSSR count). The third kappa shape index (κ3) is 5.20. The highest BCUT2D eigenvalue weighted by Crippen LogP contribution is 2.18. The van der Waals surface area contributed by atoms with E-state index in [4.69, 9.17) is 10.7 Å². The maximum atomic E-state index is 12.3. The Bertz CT molecular complexity index is 1040. The molecule has 1 atom stereocenters. The van der Waals surface area contributed by atoms with Crippen molar-refractivity contribution in [2.45, 2.75) is 11.8 Å². The van der Waals surface area contributed by atoms with Gasteiger partial charge in [-0.2, -0.15) is 9.98 Å². The molecule has 2 aromatic carbocycles. The van der Waals surface area contributed by atoms with Crippen LogP contribution in [0.1, 0.15) is 6.92 Å². The Morgan fingerprint density at radius 2 is 1.89 bits per heavy atom. The van der Waals surface area contributed by atoms with Gasteiger partial charge >= 0.3 is 5.97 Å². The van der Waals surface area contributed by atoms with Crippen molar-refractivity contribution in [3.63, 3.8) is 0 Å². The van der Waals surface area contributed by atoms with Crippen LogP contribution in [0.25, 0.3) is 10.8 Å². The molecule has 2 aromatic rings. The third-order valence-electron chi connectivity index (χ3n) is 3.70. The Morgan fingerprint density at radius 1 is 1.22 bits per heavy atom. The Labute approximate surface area is 156 Å². The van der Waals surface area contributed by atoms with E-state index in [1.165, 1.54) is 19.1 Å². The number of fused-ring (bicyclic) bond motifs is 1. The molecular formula is C18H17N3O5S. The molecule has 0 aliphatic carbocycles. The number of nitrogens with zero attached hydrogens (tertiary/aromatic N) is 1. The second-order valence-electron chi connectivity index (χ2n) is 5.71. The Balaban J connectivity index is 1.96. The predicted octanol–water partition coefficient (Wildman–Crippen LogP) is 1.41. The monoisotopic (exact) mass is 387 g/mol. The number of hydrogen-bond donors (Lipinski definition) is 2. The summed E-state index contributed by atoms with van der Waals surface area (Å²) in [5, 5.41) is 17.7. The fraction of sp³-hybridized carbons (Fsp3) is 0.222. The van der Waals surface area contributed by atoms with Crippen LogP contribution in [0.3, 0.4) is 0 Å². The van der Waals surface area contributed by atoms with Crippen LogP contribution < -0.4 is 4.72 Å². The van der Waals surface area contributed by atoms with Crippen LogP contribution >= 0.6 is 0 Å². The molecule has 1 unspecified atom stereocenters. The van der Waals surface area contributed by atoms with Crippen molar-refractivity contribution in [2.75, 3.05) is 13.2 Å². The molecule has 0 spiro atoms. The average Bonchev–Trinajstić information content (AvgIpc) is 2.64. The highest BCUT2D eigenvalue weighted by atomic mass is 32.2. The minimum absolute atomic E-state index is 0.00551. The van der Waals surface area contributed by atoms with E-state index >= 15 is 0 Å². The summed E-state index contributed by atoms with van der Waals surface area (Å²) in [4.78, 5) is 23.4. The second-order valence-corrected chi connectivity index (χ2v) is 7.47. The van der Waals surface area contributed by atoms with Crippen molar-refractivity contribution in [1.29, 1.82) is 10.7 Å². The first-order chi connectivity index (χ1) is 12.7. The lowest BCUT2D eigenvalue weighted by Crippen LogP contribution is -2.32. The number of nitrogens with one attached hydrogen (secondary N) is 2. The number of benzene rings is 2. The standard InChI is InChI=1S/C18H17N3O5S/c1-12(20)16(9-19)17(22)11-26-18(23)10-21-27(24,25)15-7-6-13-4-2-3-5-14(13)8-15/h2-8,16,20-21H,10-11H2,1H3. The van der Waals surface area contributed by atoms with E-state index < -0.39 is 40.8 Å². The van der Waals surface area contributed by atoms with Crippen LogP contribution in [0.5, 0.6) is 0 Å². The molecule has 9 heteroatoms. The third-order valence-corrected chi connectivity index (χ3v) is 5.10. The number of ether oxygens (including phenoxy) is 1. The van der Waals surface area contributed by atoms with Crippen molar-refractivity contribution >= 4 is 38.3 Å². The lowest BCUT2D eigenvalue weighted by Gasteiger charge is -2.09. The number of ketones is 1. The maximum absolute atomic E-state index is 12.3. The number of esters is 1. The molecule has 0 radical (unpaired) electrons. The fourth-order valence-electron chi connectivity index (χ4n) is 2.27. The van der Waals surface area contributed by atoms with Crippen LogP contribution in [0.15, 0.2) is 47.4 Å². The molecule has 0 saturated heterocycles. The molecule has 0 aliphatic heterocycles. The molecule has 0 saturated carbocycles. The van der Waals surface area contributed by atoms with E-state index in [9.17, 15) is 18.0 Å². The number of carbonyl (C=O) groups is 2. The van der Waals surface area contributed by atoms with Crippen molar-refractivity contribution in [2.24, 2.45) is 5.92 Å². The molecule has 0 heterocycles. The SMILES string of the molecule is CC(=N)C(C#N)C(=O)COC(=O)CNS(=O)(=O)c1ccc2ccccc2c1. The van der Waals surface area contributed by atoms with E-state index in [1.807, 2.05) is 12.1 Å². The summed E-state index contributed by atoms with van der Waals surface area (Å²) in [5.74, 6) is -2.99. The lowest BCUT2D eigenvalue weighted by molar-refractivity contribution is -0.146. The number of nitriles is 1. The Kier molecular flexibility index (Phi) is 6.39.